The number of benzene rings is 1. The Bertz CT molecular complexity index is 764. The Labute approximate surface area is 160 Å². The van der Waals surface area contributed by atoms with E-state index in [0.717, 1.165) is 68.7 Å². The van der Waals surface area contributed by atoms with Gasteiger partial charge in [-0.15, -0.1) is 0 Å². The van der Waals surface area contributed by atoms with Crippen LogP contribution in [0.3, 0.4) is 0 Å². The summed E-state index contributed by atoms with van der Waals surface area (Å²) in [5.74, 6) is 1.32. The first-order valence-corrected chi connectivity index (χ1v) is 10.1. The molecule has 3 unspecified atom stereocenters. The van der Waals surface area contributed by atoms with E-state index in [1.165, 1.54) is 12.1 Å². The fourth-order valence-electron chi connectivity index (χ4n) is 4.91. The predicted molar refractivity (Wildman–Crippen MR) is 102 cm³/mol. The largest absolute Gasteiger partial charge is 0.385 e. The second kappa shape index (κ2) is 7.64. The lowest BCUT2D eigenvalue weighted by Gasteiger charge is -2.41. The molecule has 3 atom stereocenters. The van der Waals surface area contributed by atoms with Crippen molar-refractivity contribution in [2.24, 2.45) is 11.8 Å². The van der Waals surface area contributed by atoms with Crippen molar-refractivity contribution in [1.82, 2.24) is 14.9 Å². The molecule has 1 aliphatic carbocycles. The molecule has 4 rings (SSSR count). The van der Waals surface area contributed by atoms with Crippen LogP contribution in [0.2, 0.25) is 0 Å². The zero-order valence-electron chi connectivity index (χ0n) is 15.9. The van der Waals surface area contributed by atoms with Crippen LogP contribution in [0.5, 0.6) is 0 Å². The molecule has 0 spiro atoms. The second-order valence-corrected chi connectivity index (χ2v) is 8.14. The third kappa shape index (κ3) is 3.76. The first-order valence-electron chi connectivity index (χ1n) is 10.1. The van der Waals surface area contributed by atoms with Crippen molar-refractivity contribution in [2.75, 3.05) is 13.1 Å². The highest BCUT2D eigenvalue weighted by Gasteiger charge is 2.49. The van der Waals surface area contributed by atoms with Gasteiger partial charge in [-0.3, -0.25) is 4.90 Å². The van der Waals surface area contributed by atoms with Crippen molar-refractivity contribution in [1.29, 1.82) is 0 Å². The summed E-state index contributed by atoms with van der Waals surface area (Å²) in [6.07, 6.45) is 8.75. The molecule has 2 aliphatic rings. The van der Waals surface area contributed by atoms with Gasteiger partial charge in [-0.2, -0.15) is 0 Å². The zero-order chi connectivity index (χ0) is 18.9. The van der Waals surface area contributed by atoms with E-state index in [0.29, 0.717) is 5.92 Å². The number of aromatic nitrogens is 2. The van der Waals surface area contributed by atoms with E-state index in [1.807, 2.05) is 12.4 Å². The molecule has 2 heterocycles. The van der Waals surface area contributed by atoms with Crippen LogP contribution in [0, 0.1) is 17.7 Å². The molecular weight excluding hydrogens is 341 g/mol. The summed E-state index contributed by atoms with van der Waals surface area (Å²) >= 11 is 0. The number of likely N-dealkylation sites (tertiary alicyclic amines) is 1. The second-order valence-electron chi connectivity index (χ2n) is 8.14. The number of nitrogens with zero attached hydrogens (tertiary/aromatic N) is 3. The van der Waals surface area contributed by atoms with E-state index in [4.69, 9.17) is 0 Å². The Balaban J connectivity index is 1.48. The summed E-state index contributed by atoms with van der Waals surface area (Å²) in [5.41, 5.74) is 1.12. The maximum Gasteiger partial charge on any atom is 0.128 e. The number of hydrogen-bond acceptors (Lipinski definition) is 4. The van der Waals surface area contributed by atoms with Gasteiger partial charge in [-0.1, -0.05) is 19.1 Å². The number of halogens is 1. The first kappa shape index (κ1) is 18.5. The smallest absolute Gasteiger partial charge is 0.128 e. The van der Waals surface area contributed by atoms with E-state index < -0.39 is 5.60 Å². The van der Waals surface area contributed by atoms with Crippen molar-refractivity contribution in [3.8, 4) is 0 Å². The summed E-state index contributed by atoms with van der Waals surface area (Å²) in [7, 11) is 0. The van der Waals surface area contributed by atoms with Crippen LogP contribution in [0.1, 0.15) is 49.6 Å². The molecule has 0 radical (unpaired) electrons. The number of hydrogen-bond donors (Lipinski definition) is 1. The van der Waals surface area contributed by atoms with Gasteiger partial charge < -0.3 is 5.11 Å². The zero-order valence-corrected chi connectivity index (χ0v) is 15.9. The van der Waals surface area contributed by atoms with Gasteiger partial charge in [0.25, 0.3) is 0 Å². The van der Waals surface area contributed by atoms with E-state index in [2.05, 4.69) is 21.8 Å². The number of fused-ring (bicyclic) bond motifs is 1. The summed E-state index contributed by atoms with van der Waals surface area (Å²) < 4.78 is 13.3. The van der Waals surface area contributed by atoms with Gasteiger partial charge in [-0.05, 0) is 49.3 Å². The molecule has 0 amide bonds. The summed E-state index contributed by atoms with van der Waals surface area (Å²) in [6, 6.07) is 6.42. The summed E-state index contributed by atoms with van der Waals surface area (Å²) in [6.45, 7) is 4.80. The molecule has 1 aromatic carbocycles. The van der Waals surface area contributed by atoms with Gasteiger partial charge in [0.05, 0.1) is 5.60 Å². The average molecular weight is 369 g/mol. The van der Waals surface area contributed by atoms with Crippen molar-refractivity contribution in [3.63, 3.8) is 0 Å². The molecule has 5 heteroatoms. The minimum Gasteiger partial charge on any atom is -0.385 e. The molecule has 1 saturated heterocycles. The lowest BCUT2D eigenvalue weighted by atomic mass is 9.67. The quantitative estimate of drug-likeness (QED) is 0.873. The molecule has 144 valence electrons. The van der Waals surface area contributed by atoms with Crippen LogP contribution < -0.4 is 0 Å². The maximum atomic E-state index is 13.3. The molecule has 4 nitrogen and oxygen atoms in total. The Morgan fingerprint density at radius 3 is 2.63 bits per heavy atom. The van der Waals surface area contributed by atoms with Crippen LogP contribution >= 0.6 is 0 Å². The lowest BCUT2D eigenvalue weighted by molar-refractivity contribution is -0.0648. The molecule has 1 aromatic heterocycles. The normalized spacial score (nSPS) is 28.3. The van der Waals surface area contributed by atoms with E-state index >= 15 is 0 Å². The van der Waals surface area contributed by atoms with Gasteiger partial charge in [0.15, 0.2) is 0 Å². The standard InChI is InChI=1S/C22H28FN3O/c1-2-4-21-24-11-16(12-25-21)13-26-14-17-5-3-10-22(27,20(17)15-26)18-6-8-19(23)9-7-18/h6-9,11-12,17,20,27H,2-5,10,13-15H2,1H3. The SMILES string of the molecule is CCCc1ncc(CN2CC3CCCC(O)(c4ccc(F)cc4)C3C2)cn1. The number of aryl methyl sites for hydroxylation is 1. The fraction of sp³-hybridized carbons (Fsp3) is 0.545. The van der Waals surface area contributed by atoms with Gasteiger partial charge in [0, 0.05) is 49.9 Å². The van der Waals surface area contributed by atoms with E-state index in [9.17, 15) is 9.50 Å². The minimum atomic E-state index is -0.854. The van der Waals surface area contributed by atoms with Crippen LogP contribution in [0.15, 0.2) is 36.7 Å². The van der Waals surface area contributed by atoms with Gasteiger partial charge in [0.1, 0.15) is 11.6 Å². The topological polar surface area (TPSA) is 49.2 Å². The average Bonchev–Trinajstić information content (AvgIpc) is 3.08. The Morgan fingerprint density at radius 1 is 1.19 bits per heavy atom. The molecule has 0 bridgehead atoms. The highest BCUT2D eigenvalue weighted by molar-refractivity contribution is 5.26. The van der Waals surface area contributed by atoms with Gasteiger partial charge >= 0.3 is 0 Å². The van der Waals surface area contributed by atoms with Crippen molar-refractivity contribution < 1.29 is 9.50 Å². The Hall–Kier alpha value is -1.85. The summed E-state index contributed by atoms with van der Waals surface area (Å²) in [4.78, 5) is 11.3. The van der Waals surface area contributed by atoms with E-state index in [-0.39, 0.29) is 11.7 Å². The first-order chi connectivity index (χ1) is 13.1. The van der Waals surface area contributed by atoms with Crippen LogP contribution in [0.4, 0.5) is 4.39 Å². The van der Waals surface area contributed by atoms with E-state index in [1.54, 1.807) is 12.1 Å². The molecule has 1 aliphatic heterocycles. The monoisotopic (exact) mass is 369 g/mol. The molecule has 1 N–H and O–H groups in total. The lowest BCUT2D eigenvalue weighted by Crippen LogP contribution is -2.42. The Morgan fingerprint density at radius 2 is 1.93 bits per heavy atom. The van der Waals surface area contributed by atoms with Crippen molar-refractivity contribution in [2.45, 2.75) is 51.2 Å². The van der Waals surface area contributed by atoms with Crippen LogP contribution in [-0.2, 0) is 18.6 Å². The maximum absolute atomic E-state index is 13.3. The molecule has 2 fully saturated rings. The van der Waals surface area contributed by atoms with Gasteiger partial charge in [-0.25, -0.2) is 14.4 Å². The third-order valence-electron chi connectivity index (χ3n) is 6.25. The Kier molecular flexibility index (Phi) is 5.24. The highest BCUT2D eigenvalue weighted by atomic mass is 19.1. The van der Waals surface area contributed by atoms with Gasteiger partial charge in [0.2, 0.25) is 0 Å². The number of rotatable bonds is 5. The molecule has 2 aromatic rings. The summed E-state index contributed by atoms with van der Waals surface area (Å²) in [5, 5.41) is 11.5. The molecular formula is C22H28FN3O. The van der Waals surface area contributed by atoms with Crippen molar-refractivity contribution in [3.05, 3.63) is 59.4 Å². The molecule has 27 heavy (non-hydrogen) atoms. The number of aliphatic hydroxyl groups is 1. The van der Waals surface area contributed by atoms with Crippen molar-refractivity contribution >= 4 is 0 Å². The third-order valence-corrected chi connectivity index (χ3v) is 6.25. The van der Waals surface area contributed by atoms with Crippen LogP contribution in [-0.4, -0.2) is 33.1 Å². The predicted octanol–water partition coefficient (Wildman–Crippen LogP) is 3.69. The fourth-order valence-corrected chi connectivity index (χ4v) is 4.91. The highest BCUT2D eigenvalue weighted by Crippen LogP contribution is 2.48. The van der Waals surface area contributed by atoms with Crippen LogP contribution in [0.25, 0.3) is 0 Å². The molecule has 1 saturated carbocycles. The minimum absolute atomic E-state index is 0.192.